The van der Waals surface area contributed by atoms with Crippen molar-refractivity contribution in [1.29, 1.82) is 0 Å². The van der Waals surface area contributed by atoms with Crippen LogP contribution in [-0.2, 0) is 10.9 Å². The van der Waals surface area contributed by atoms with Gasteiger partial charge in [-0.05, 0) is 19.1 Å². The molecule has 0 aliphatic heterocycles. The molecule has 0 aliphatic rings. The topological polar surface area (TPSA) is 26.3 Å². The molecule has 0 fully saturated rings. The van der Waals surface area contributed by atoms with Crippen LogP contribution in [0, 0.1) is 0 Å². The van der Waals surface area contributed by atoms with Crippen molar-refractivity contribution in [2.45, 2.75) is 13.1 Å². The van der Waals surface area contributed by atoms with Crippen molar-refractivity contribution in [3.63, 3.8) is 0 Å². The number of esters is 1. The first-order valence-corrected chi connectivity index (χ1v) is 5.27. The highest BCUT2D eigenvalue weighted by molar-refractivity contribution is 6.44. The van der Waals surface area contributed by atoms with Crippen molar-refractivity contribution in [2.24, 2.45) is 0 Å². The lowest BCUT2D eigenvalue weighted by Gasteiger charge is -2.12. The average molecular weight is 287 g/mol. The van der Waals surface area contributed by atoms with E-state index >= 15 is 0 Å². The van der Waals surface area contributed by atoms with Crippen LogP contribution in [0.15, 0.2) is 12.1 Å². The summed E-state index contributed by atoms with van der Waals surface area (Å²) in [5, 5.41) is -1.16. The van der Waals surface area contributed by atoms with Gasteiger partial charge in [0.2, 0.25) is 0 Å². The molecule has 0 saturated heterocycles. The largest absolute Gasteiger partial charge is 0.462 e. The minimum Gasteiger partial charge on any atom is -0.462 e. The summed E-state index contributed by atoms with van der Waals surface area (Å²) >= 11 is 11.1. The maximum atomic E-state index is 12.5. The molecule has 0 atom stereocenters. The molecular weight excluding hydrogens is 280 g/mol. The van der Waals surface area contributed by atoms with E-state index in [1.807, 2.05) is 0 Å². The summed E-state index contributed by atoms with van der Waals surface area (Å²) in [6.07, 6.45) is -4.62. The third-order valence-electron chi connectivity index (χ3n) is 1.88. The van der Waals surface area contributed by atoms with Crippen LogP contribution in [-0.4, -0.2) is 12.6 Å². The summed E-state index contributed by atoms with van der Waals surface area (Å²) in [4.78, 5) is 11.3. The molecule has 0 spiro atoms. The predicted molar refractivity (Wildman–Crippen MR) is 57.4 cm³/mol. The molecule has 2 nitrogen and oxygen atoms in total. The molecule has 0 radical (unpaired) electrons. The number of alkyl halides is 3. The molecule has 0 unspecified atom stereocenters. The number of hydrogen-bond acceptors (Lipinski definition) is 2. The van der Waals surface area contributed by atoms with Crippen LogP contribution < -0.4 is 0 Å². The Bertz CT molecular complexity index is 444. The zero-order valence-corrected chi connectivity index (χ0v) is 10.1. The van der Waals surface area contributed by atoms with Gasteiger partial charge in [-0.2, -0.15) is 13.2 Å². The molecule has 1 rings (SSSR count). The first-order chi connectivity index (χ1) is 7.79. The second-order valence-electron chi connectivity index (χ2n) is 3.01. The minimum atomic E-state index is -4.62. The van der Waals surface area contributed by atoms with Gasteiger partial charge in [-0.1, -0.05) is 23.2 Å². The maximum Gasteiger partial charge on any atom is 0.417 e. The summed E-state index contributed by atoms with van der Waals surface area (Å²) in [6.45, 7) is 1.66. The lowest BCUT2D eigenvalue weighted by Crippen LogP contribution is -2.10. The summed E-state index contributed by atoms with van der Waals surface area (Å²) in [5.74, 6) is -0.812. The van der Waals surface area contributed by atoms with Gasteiger partial charge in [-0.3, -0.25) is 0 Å². The Morgan fingerprint density at radius 1 is 1.29 bits per heavy atom. The zero-order chi connectivity index (χ0) is 13.2. The number of carbonyl (C=O) groups excluding carboxylic acids is 1. The number of benzene rings is 1. The second-order valence-corrected chi connectivity index (χ2v) is 3.76. The van der Waals surface area contributed by atoms with Gasteiger partial charge in [0.05, 0.1) is 27.8 Å². The van der Waals surface area contributed by atoms with Gasteiger partial charge in [-0.15, -0.1) is 0 Å². The molecular formula is C10H7Cl2F3O2. The number of ether oxygens (including phenoxy) is 1. The summed E-state index contributed by atoms with van der Waals surface area (Å²) in [5.41, 5.74) is -1.27. The van der Waals surface area contributed by atoms with Gasteiger partial charge in [0.1, 0.15) is 0 Å². The SMILES string of the molecule is CCOC(=O)c1ccc(C(F)(F)F)c(Cl)c1Cl. The molecule has 0 aromatic heterocycles. The molecule has 1 aromatic rings. The van der Waals surface area contributed by atoms with E-state index in [0.29, 0.717) is 6.07 Å². The first kappa shape index (κ1) is 14.1. The maximum absolute atomic E-state index is 12.5. The standard InChI is InChI=1S/C10H7Cl2F3O2/c1-2-17-9(16)5-3-4-6(10(13,14)15)8(12)7(5)11/h3-4H,2H2,1H3. The smallest absolute Gasteiger partial charge is 0.417 e. The van der Waals surface area contributed by atoms with Gasteiger partial charge in [0.25, 0.3) is 0 Å². The minimum absolute atomic E-state index is 0.0911. The van der Waals surface area contributed by atoms with E-state index in [4.69, 9.17) is 23.2 Å². The molecule has 0 bridgehead atoms. The lowest BCUT2D eigenvalue weighted by molar-refractivity contribution is -0.137. The summed E-state index contributed by atoms with van der Waals surface area (Å²) in [7, 11) is 0. The Morgan fingerprint density at radius 3 is 2.35 bits per heavy atom. The van der Waals surface area contributed by atoms with Crippen LogP contribution in [0.5, 0.6) is 0 Å². The van der Waals surface area contributed by atoms with E-state index in [0.717, 1.165) is 6.07 Å². The normalized spacial score (nSPS) is 11.4. The van der Waals surface area contributed by atoms with Crippen molar-refractivity contribution in [3.8, 4) is 0 Å². The molecule has 0 amide bonds. The lowest BCUT2D eigenvalue weighted by atomic mass is 10.1. The quantitative estimate of drug-likeness (QED) is 0.762. The van der Waals surface area contributed by atoms with Crippen LogP contribution in [0.1, 0.15) is 22.8 Å². The van der Waals surface area contributed by atoms with E-state index in [1.54, 1.807) is 6.92 Å². The highest BCUT2D eigenvalue weighted by Gasteiger charge is 2.35. The van der Waals surface area contributed by atoms with Crippen molar-refractivity contribution in [2.75, 3.05) is 6.61 Å². The number of rotatable bonds is 2. The molecule has 0 N–H and O–H groups in total. The van der Waals surface area contributed by atoms with Gasteiger partial charge in [-0.25, -0.2) is 4.79 Å². The van der Waals surface area contributed by atoms with Crippen molar-refractivity contribution in [3.05, 3.63) is 33.3 Å². The van der Waals surface area contributed by atoms with Crippen molar-refractivity contribution in [1.82, 2.24) is 0 Å². The van der Waals surface area contributed by atoms with E-state index in [-0.39, 0.29) is 12.2 Å². The van der Waals surface area contributed by atoms with Crippen LogP contribution in [0.3, 0.4) is 0 Å². The van der Waals surface area contributed by atoms with Gasteiger partial charge in [0.15, 0.2) is 0 Å². The highest BCUT2D eigenvalue weighted by atomic mass is 35.5. The molecule has 1 aromatic carbocycles. The van der Waals surface area contributed by atoms with Gasteiger partial charge >= 0.3 is 12.1 Å². The number of halogens is 5. The van der Waals surface area contributed by atoms with Crippen LogP contribution in [0.25, 0.3) is 0 Å². The highest BCUT2D eigenvalue weighted by Crippen LogP contribution is 2.39. The fourth-order valence-electron chi connectivity index (χ4n) is 1.13. The Labute approximate surface area is 105 Å². The van der Waals surface area contributed by atoms with Crippen molar-refractivity contribution < 1.29 is 22.7 Å². The average Bonchev–Trinajstić information content (AvgIpc) is 2.20. The summed E-state index contributed by atoms with van der Waals surface area (Å²) in [6, 6.07) is 1.63. The Hall–Kier alpha value is -0.940. The van der Waals surface area contributed by atoms with Crippen molar-refractivity contribution >= 4 is 29.2 Å². The monoisotopic (exact) mass is 286 g/mol. The van der Waals surface area contributed by atoms with Gasteiger partial charge in [0, 0.05) is 0 Å². The predicted octanol–water partition coefficient (Wildman–Crippen LogP) is 4.19. The van der Waals surface area contributed by atoms with Gasteiger partial charge < -0.3 is 4.74 Å². The van der Waals surface area contributed by atoms with E-state index in [2.05, 4.69) is 4.74 Å². The Balaban J connectivity index is 3.25. The number of hydrogen-bond donors (Lipinski definition) is 0. The molecule has 7 heteroatoms. The Kier molecular flexibility index (Phi) is 4.27. The number of carbonyl (C=O) groups is 1. The third-order valence-corrected chi connectivity index (χ3v) is 2.76. The summed E-state index contributed by atoms with van der Waals surface area (Å²) < 4.78 is 42.0. The van der Waals surface area contributed by atoms with E-state index in [1.165, 1.54) is 0 Å². The molecule has 0 saturated carbocycles. The fourth-order valence-corrected chi connectivity index (χ4v) is 1.65. The van der Waals surface area contributed by atoms with E-state index < -0.39 is 27.8 Å². The van der Waals surface area contributed by atoms with Crippen LogP contribution in [0.2, 0.25) is 10.0 Å². The molecule has 94 valence electrons. The first-order valence-electron chi connectivity index (χ1n) is 4.51. The second kappa shape index (κ2) is 5.14. The molecule has 0 heterocycles. The Morgan fingerprint density at radius 2 is 1.88 bits per heavy atom. The molecule has 0 aliphatic carbocycles. The third kappa shape index (κ3) is 3.04. The zero-order valence-electron chi connectivity index (χ0n) is 8.57. The molecule has 17 heavy (non-hydrogen) atoms. The van der Waals surface area contributed by atoms with Crippen LogP contribution in [0.4, 0.5) is 13.2 Å². The van der Waals surface area contributed by atoms with E-state index in [9.17, 15) is 18.0 Å². The van der Waals surface area contributed by atoms with Crippen LogP contribution >= 0.6 is 23.2 Å². The fraction of sp³-hybridized carbons (Fsp3) is 0.300.